The fraction of sp³-hybridized carbons (Fsp3) is 0.400. The van der Waals surface area contributed by atoms with Gasteiger partial charge in [0.05, 0.1) is 18.3 Å². The van der Waals surface area contributed by atoms with Crippen molar-refractivity contribution >= 4 is 39.4 Å². The molecular formula is C20H24BrFN2O2S. The van der Waals surface area contributed by atoms with Crippen LogP contribution in [-0.4, -0.2) is 36.3 Å². The third-order valence-corrected chi connectivity index (χ3v) is 4.43. The molecule has 0 fully saturated rings. The van der Waals surface area contributed by atoms with Crippen LogP contribution in [0.1, 0.15) is 25.8 Å². The Labute approximate surface area is 172 Å². The van der Waals surface area contributed by atoms with Crippen molar-refractivity contribution in [3.63, 3.8) is 0 Å². The SMILES string of the molecule is C=C(C)C[C@H](N[C@@](F)(C#CCSC)c1ccc(Br)cc1)C(=O)NCC(C)=O. The number of benzene rings is 1. The van der Waals surface area contributed by atoms with Crippen LogP contribution in [0, 0.1) is 11.8 Å². The molecule has 0 aliphatic heterocycles. The van der Waals surface area contributed by atoms with Crippen molar-refractivity contribution in [2.45, 2.75) is 32.1 Å². The lowest BCUT2D eigenvalue weighted by atomic mass is 10.0. The van der Waals surface area contributed by atoms with Gasteiger partial charge in [-0.3, -0.25) is 14.9 Å². The first kappa shape index (κ1) is 23.4. The topological polar surface area (TPSA) is 58.2 Å². The van der Waals surface area contributed by atoms with Gasteiger partial charge in [0.15, 0.2) is 0 Å². The van der Waals surface area contributed by atoms with Crippen LogP contribution in [0.25, 0.3) is 0 Å². The first-order chi connectivity index (χ1) is 12.7. The van der Waals surface area contributed by atoms with Gasteiger partial charge in [0, 0.05) is 10.0 Å². The van der Waals surface area contributed by atoms with Gasteiger partial charge in [-0.1, -0.05) is 39.6 Å². The van der Waals surface area contributed by atoms with E-state index in [4.69, 9.17) is 0 Å². The van der Waals surface area contributed by atoms with Crippen LogP contribution in [0.2, 0.25) is 0 Å². The molecule has 146 valence electrons. The smallest absolute Gasteiger partial charge is 0.249 e. The molecule has 0 bridgehead atoms. The van der Waals surface area contributed by atoms with Gasteiger partial charge < -0.3 is 5.32 Å². The highest BCUT2D eigenvalue weighted by molar-refractivity contribution is 9.10. The number of carbonyl (C=O) groups excluding carboxylic acids is 2. The molecule has 7 heteroatoms. The van der Waals surface area contributed by atoms with Crippen molar-refractivity contribution in [2.24, 2.45) is 0 Å². The van der Waals surface area contributed by atoms with Crippen molar-refractivity contribution in [3.05, 3.63) is 46.5 Å². The number of hydrogen-bond donors (Lipinski definition) is 2. The summed E-state index contributed by atoms with van der Waals surface area (Å²) in [4.78, 5) is 23.6. The third-order valence-electron chi connectivity index (χ3n) is 3.47. The van der Waals surface area contributed by atoms with Gasteiger partial charge in [0.2, 0.25) is 11.7 Å². The number of thioether (sulfide) groups is 1. The number of halogens is 2. The number of amides is 1. The van der Waals surface area contributed by atoms with Crippen LogP contribution in [0.15, 0.2) is 40.9 Å². The van der Waals surface area contributed by atoms with Crippen LogP contribution >= 0.6 is 27.7 Å². The van der Waals surface area contributed by atoms with Crippen molar-refractivity contribution in [1.29, 1.82) is 0 Å². The minimum Gasteiger partial charge on any atom is -0.348 e. The maximum absolute atomic E-state index is 15.9. The number of rotatable bonds is 9. The summed E-state index contributed by atoms with van der Waals surface area (Å²) in [6, 6.07) is 5.72. The molecule has 0 aromatic heterocycles. The Bertz CT molecular complexity index is 743. The lowest BCUT2D eigenvalue weighted by Crippen LogP contribution is -2.52. The Morgan fingerprint density at radius 3 is 2.48 bits per heavy atom. The minimum absolute atomic E-state index is 0.108. The molecular weight excluding hydrogens is 431 g/mol. The average molecular weight is 455 g/mol. The standard InChI is InChI=1S/C20H24BrFN2O2S/c1-14(2)12-18(19(26)23-13-15(3)25)24-20(22,10-5-11-27-4)16-6-8-17(21)9-7-16/h6-9,18,24H,1,11-13H2,2-4H3,(H,23,26)/t18-,20-/m0/s1. The van der Waals surface area contributed by atoms with Crippen LogP contribution in [0.4, 0.5) is 4.39 Å². The first-order valence-corrected chi connectivity index (χ1v) is 10.5. The summed E-state index contributed by atoms with van der Waals surface area (Å²) in [5.41, 5.74) is 1.01. The highest BCUT2D eigenvalue weighted by Gasteiger charge is 2.35. The molecule has 0 saturated carbocycles. The van der Waals surface area contributed by atoms with Crippen molar-refractivity contribution in [1.82, 2.24) is 10.6 Å². The maximum atomic E-state index is 15.9. The Kier molecular flexibility index (Phi) is 9.78. The second kappa shape index (κ2) is 11.3. The molecule has 1 aromatic carbocycles. The van der Waals surface area contributed by atoms with Gasteiger partial charge in [-0.15, -0.1) is 6.58 Å². The zero-order valence-electron chi connectivity index (χ0n) is 15.7. The van der Waals surface area contributed by atoms with E-state index in [1.807, 2.05) is 6.26 Å². The largest absolute Gasteiger partial charge is 0.348 e. The number of alkyl halides is 1. The molecule has 0 unspecified atom stereocenters. The summed E-state index contributed by atoms with van der Waals surface area (Å²) in [5.74, 6) is 3.00. The second-order valence-electron chi connectivity index (χ2n) is 6.18. The molecule has 27 heavy (non-hydrogen) atoms. The molecule has 0 aliphatic rings. The van der Waals surface area contributed by atoms with E-state index >= 15 is 4.39 Å². The Balaban J connectivity index is 3.18. The van der Waals surface area contributed by atoms with E-state index in [1.54, 1.807) is 31.2 Å². The van der Waals surface area contributed by atoms with Crippen molar-refractivity contribution in [3.8, 4) is 11.8 Å². The normalized spacial score (nSPS) is 13.7. The Morgan fingerprint density at radius 2 is 1.96 bits per heavy atom. The average Bonchev–Trinajstić information content (AvgIpc) is 2.59. The third kappa shape index (κ3) is 8.29. The maximum Gasteiger partial charge on any atom is 0.249 e. The van der Waals surface area contributed by atoms with Gasteiger partial charge in [-0.2, -0.15) is 11.8 Å². The summed E-state index contributed by atoms with van der Waals surface area (Å²) < 4.78 is 16.7. The number of nitrogens with one attached hydrogen (secondary N) is 2. The highest BCUT2D eigenvalue weighted by Crippen LogP contribution is 2.26. The van der Waals surface area contributed by atoms with Crippen LogP contribution in [0.3, 0.4) is 0 Å². The van der Waals surface area contributed by atoms with Gasteiger partial charge in [0.1, 0.15) is 5.78 Å². The second-order valence-corrected chi connectivity index (χ2v) is 7.96. The molecule has 0 spiro atoms. The molecule has 0 radical (unpaired) electrons. The van der Waals surface area contributed by atoms with E-state index < -0.39 is 17.7 Å². The summed E-state index contributed by atoms with van der Waals surface area (Å²) in [6.45, 7) is 6.83. The minimum atomic E-state index is -2.22. The zero-order chi connectivity index (χ0) is 20.4. The number of carbonyl (C=O) groups is 2. The highest BCUT2D eigenvalue weighted by atomic mass is 79.9. The fourth-order valence-electron chi connectivity index (χ4n) is 2.23. The lowest BCUT2D eigenvalue weighted by molar-refractivity contribution is -0.126. The fourth-order valence-corrected chi connectivity index (χ4v) is 2.71. The van der Waals surface area contributed by atoms with Gasteiger partial charge >= 0.3 is 0 Å². The molecule has 1 amide bonds. The number of ketones is 1. The van der Waals surface area contributed by atoms with Crippen LogP contribution in [0.5, 0.6) is 0 Å². The van der Waals surface area contributed by atoms with E-state index in [0.29, 0.717) is 16.9 Å². The van der Waals surface area contributed by atoms with Crippen molar-refractivity contribution in [2.75, 3.05) is 18.6 Å². The van der Waals surface area contributed by atoms with E-state index in [1.165, 1.54) is 18.7 Å². The first-order valence-electron chi connectivity index (χ1n) is 8.31. The van der Waals surface area contributed by atoms with Gasteiger partial charge in [-0.25, -0.2) is 4.39 Å². The monoisotopic (exact) mass is 454 g/mol. The predicted octanol–water partition coefficient (Wildman–Crippen LogP) is 3.57. The van der Waals surface area contributed by atoms with Gasteiger partial charge in [-0.05, 0) is 44.6 Å². The Morgan fingerprint density at radius 1 is 1.33 bits per heavy atom. The predicted molar refractivity (Wildman–Crippen MR) is 113 cm³/mol. The van der Waals surface area contributed by atoms with E-state index in [0.717, 1.165) is 4.47 Å². The lowest BCUT2D eigenvalue weighted by Gasteiger charge is -2.28. The molecule has 1 rings (SSSR count). The van der Waals surface area contributed by atoms with E-state index in [-0.39, 0.29) is 18.7 Å². The van der Waals surface area contributed by atoms with Gasteiger partial charge in [0.25, 0.3) is 0 Å². The quantitative estimate of drug-likeness (QED) is 0.340. The zero-order valence-corrected chi connectivity index (χ0v) is 18.1. The summed E-state index contributed by atoms with van der Waals surface area (Å²) >= 11 is 4.81. The molecule has 0 saturated heterocycles. The Hall–Kier alpha value is -1.62. The number of hydrogen-bond acceptors (Lipinski definition) is 4. The summed E-state index contributed by atoms with van der Waals surface area (Å²) in [6.07, 6.45) is 2.09. The molecule has 4 nitrogen and oxygen atoms in total. The molecule has 1 aromatic rings. The molecule has 0 heterocycles. The van der Waals surface area contributed by atoms with E-state index in [2.05, 4.69) is 45.0 Å². The molecule has 2 atom stereocenters. The summed E-state index contributed by atoms with van der Waals surface area (Å²) in [5, 5.41) is 5.25. The van der Waals surface area contributed by atoms with Crippen LogP contribution in [-0.2, 0) is 15.4 Å². The number of Topliss-reactive ketones (excluding diaryl/α,β-unsaturated/α-hetero) is 1. The van der Waals surface area contributed by atoms with Crippen molar-refractivity contribution < 1.29 is 14.0 Å². The van der Waals surface area contributed by atoms with Crippen LogP contribution < -0.4 is 10.6 Å². The molecule has 0 aliphatic carbocycles. The molecule has 2 N–H and O–H groups in total. The summed E-state index contributed by atoms with van der Waals surface area (Å²) in [7, 11) is 0. The van der Waals surface area contributed by atoms with E-state index in [9.17, 15) is 9.59 Å².